The van der Waals surface area contributed by atoms with Gasteiger partial charge in [0.15, 0.2) is 0 Å². The van der Waals surface area contributed by atoms with Gasteiger partial charge in [0, 0.05) is 31.9 Å². The number of nitrogens with two attached hydrogens (primary N) is 1. The number of aromatic nitrogens is 2. The Kier molecular flexibility index (Phi) is 4.68. The number of halogens is 2. The molecule has 0 saturated carbocycles. The molecule has 2 rings (SSSR count). The van der Waals surface area contributed by atoms with E-state index in [2.05, 4.69) is 26.3 Å². The maximum Gasteiger partial charge on any atom is 0.137 e. The number of hydrazine groups is 1. The topological polar surface area (TPSA) is 55.9 Å². The van der Waals surface area contributed by atoms with Crippen molar-refractivity contribution < 1.29 is 4.39 Å². The van der Waals surface area contributed by atoms with Crippen LogP contribution in [-0.2, 0) is 13.5 Å². The van der Waals surface area contributed by atoms with Crippen molar-refractivity contribution in [1.82, 2.24) is 15.0 Å². The monoisotopic (exact) mass is 326 g/mol. The zero-order chi connectivity index (χ0) is 13.8. The number of hydrogen-bond acceptors (Lipinski definition) is 3. The summed E-state index contributed by atoms with van der Waals surface area (Å²) in [5.74, 6) is 6.26. The standard InChI is InChI=1S/C13H16BrFN4/c1-19-7-6-17-13(19)5-4-12(18-16)9-2-3-10(14)11(15)8-9/h2-3,6-8,12,18H,4-5,16H2,1H3. The van der Waals surface area contributed by atoms with E-state index >= 15 is 0 Å². The van der Waals surface area contributed by atoms with Gasteiger partial charge in [0.2, 0.25) is 0 Å². The number of nitrogens with zero attached hydrogens (tertiary/aromatic N) is 2. The van der Waals surface area contributed by atoms with Crippen LogP contribution in [0.1, 0.15) is 23.9 Å². The maximum atomic E-state index is 13.5. The van der Waals surface area contributed by atoms with Gasteiger partial charge in [-0.3, -0.25) is 11.3 Å². The molecule has 0 saturated heterocycles. The van der Waals surface area contributed by atoms with Crippen LogP contribution in [0.4, 0.5) is 4.39 Å². The third-order valence-electron chi connectivity index (χ3n) is 3.12. The Bertz CT molecular complexity index is 555. The highest BCUT2D eigenvalue weighted by molar-refractivity contribution is 9.10. The molecule has 6 heteroatoms. The third kappa shape index (κ3) is 3.40. The zero-order valence-electron chi connectivity index (χ0n) is 10.6. The van der Waals surface area contributed by atoms with Crippen molar-refractivity contribution in [2.45, 2.75) is 18.9 Å². The molecule has 1 atom stereocenters. The first-order valence-corrected chi connectivity index (χ1v) is 6.78. The Labute approximate surface area is 119 Å². The van der Waals surface area contributed by atoms with E-state index in [0.29, 0.717) is 4.47 Å². The largest absolute Gasteiger partial charge is 0.338 e. The second-order valence-electron chi connectivity index (χ2n) is 4.39. The summed E-state index contributed by atoms with van der Waals surface area (Å²) in [6.07, 6.45) is 5.19. The molecule has 19 heavy (non-hydrogen) atoms. The molecule has 0 radical (unpaired) electrons. The van der Waals surface area contributed by atoms with E-state index in [4.69, 9.17) is 5.84 Å². The lowest BCUT2D eigenvalue weighted by Crippen LogP contribution is -2.28. The van der Waals surface area contributed by atoms with Crippen LogP contribution in [0.25, 0.3) is 0 Å². The molecule has 0 aliphatic rings. The molecule has 1 unspecified atom stereocenters. The van der Waals surface area contributed by atoms with Crippen LogP contribution in [0.3, 0.4) is 0 Å². The number of hydrogen-bond donors (Lipinski definition) is 2. The molecule has 1 aromatic heterocycles. The molecule has 0 bridgehead atoms. The van der Waals surface area contributed by atoms with E-state index < -0.39 is 0 Å². The summed E-state index contributed by atoms with van der Waals surface area (Å²) in [5.41, 5.74) is 3.56. The summed E-state index contributed by atoms with van der Waals surface area (Å²) in [5, 5.41) is 0. The van der Waals surface area contributed by atoms with E-state index in [9.17, 15) is 4.39 Å². The summed E-state index contributed by atoms with van der Waals surface area (Å²) < 4.78 is 15.9. The molecule has 2 aromatic rings. The second-order valence-corrected chi connectivity index (χ2v) is 5.24. The van der Waals surface area contributed by atoms with Gasteiger partial charge in [-0.2, -0.15) is 0 Å². The van der Waals surface area contributed by atoms with Crippen molar-refractivity contribution in [3.63, 3.8) is 0 Å². The van der Waals surface area contributed by atoms with Crippen LogP contribution in [0, 0.1) is 5.82 Å². The van der Waals surface area contributed by atoms with Crippen molar-refractivity contribution in [1.29, 1.82) is 0 Å². The lowest BCUT2D eigenvalue weighted by Gasteiger charge is -2.16. The molecule has 4 nitrogen and oxygen atoms in total. The number of imidazole rings is 1. The van der Waals surface area contributed by atoms with Gasteiger partial charge in [-0.1, -0.05) is 6.07 Å². The minimum Gasteiger partial charge on any atom is -0.338 e. The highest BCUT2D eigenvalue weighted by Crippen LogP contribution is 2.23. The molecule has 0 spiro atoms. The van der Waals surface area contributed by atoms with Gasteiger partial charge in [0.25, 0.3) is 0 Å². The fraction of sp³-hybridized carbons (Fsp3) is 0.308. The first-order valence-electron chi connectivity index (χ1n) is 5.99. The lowest BCUT2D eigenvalue weighted by atomic mass is 10.0. The Morgan fingerprint density at radius 1 is 1.53 bits per heavy atom. The predicted molar refractivity (Wildman–Crippen MR) is 75.7 cm³/mol. The SMILES string of the molecule is Cn1ccnc1CCC(NN)c1ccc(Br)c(F)c1. The maximum absolute atomic E-state index is 13.5. The Morgan fingerprint density at radius 2 is 2.32 bits per heavy atom. The van der Waals surface area contributed by atoms with Gasteiger partial charge in [0.1, 0.15) is 11.6 Å². The highest BCUT2D eigenvalue weighted by atomic mass is 79.9. The summed E-state index contributed by atoms with van der Waals surface area (Å²) in [6.45, 7) is 0. The van der Waals surface area contributed by atoms with Gasteiger partial charge < -0.3 is 4.57 Å². The van der Waals surface area contributed by atoms with Gasteiger partial charge >= 0.3 is 0 Å². The second kappa shape index (κ2) is 6.27. The summed E-state index contributed by atoms with van der Waals surface area (Å²) >= 11 is 3.14. The van der Waals surface area contributed by atoms with Gasteiger partial charge in [-0.05, 0) is 40.0 Å². The highest BCUT2D eigenvalue weighted by Gasteiger charge is 2.13. The average molecular weight is 327 g/mol. The van der Waals surface area contributed by atoms with Crippen LogP contribution in [0.5, 0.6) is 0 Å². The summed E-state index contributed by atoms with van der Waals surface area (Å²) in [7, 11) is 1.95. The summed E-state index contributed by atoms with van der Waals surface area (Å²) in [4.78, 5) is 4.26. The molecular weight excluding hydrogens is 311 g/mol. The summed E-state index contributed by atoms with van der Waals surface area (Å²) in [6, 6.07) is 4.94. The molecule has 0 fully saturated rings. The van der Waals surface area contributed by atoms with E-state index in [-0.39, 0.29) is 11.9 Å². The Balaban J connectivity index is 2.07. The molecule has 1 aromatic carbocycles. The van der Waals surface area contributed by atoms with Crippen molar-refractivity contribution in [2.24, 2.45) is 12.9 Å². The fourth-order valence-electron chi connectivity index (χ4n) is 1.99. The zero-order valence-corrected chi connectivity index (χ0v) is 12.2. The van der Waals surface area contributed by atoms with Crippen molar-refractivity contribution in [3.05, 3.63) is 52.3 Å². The lowest BCUT2D eigenvalue weighted by molar-refractivity contribution is 0.502. The smallest absolute Gasteiger partial charge is 0.137 e. The van der Waals surface area contributed by atoms with E-state index in [1.54, 1.807) is 12.3 Å². The van der Waals surface area contributed by atoms with Crippen LogP contribution in [0.2, 0.25) is 0 Å². The molecule has 3 N–H and O–H groups in total. The fourth-order valence-corrected chi connectivity index (χ4v) is 2.23. The molecule has 102 valence electrons. The van der Waals surface area contributed by atoms with Crippen molar-refractivity contribution in [2.75, 3.05) is 0 Å². The van der Waals surface area contributed by atoms with Crippen molar-refractivity contribution in [3.8, 4) is 0 Å². The van der Waals surface area contributed by atoms with Gasteiger partial charge in [-0.25, -0.2) is 9.37 Å². The predicted octanol–water partition coefficient (Wildman–Crippen LogP) is 2.46. The van der Waals surface area contributed by atoms with E-state index in [1.807, 2.05) is 23.9 Å². The minimum atomic E-state index is -0.283. The van der Waals surface area contributed by atoms with E-state index in [1.165, 1.54) is 6.07 Å². The first-order chi connectivity index (χ1) is 9.11. The van der Waals surface area contributed by atoms with Crippen LogP contribution < -0.4 is 11.3 Å². The Hall–Kier alpha value is -1.24. The van der Waals surface area contributed by atoms with Gasteiger partial charge in [0.05, 0.1) is 4.47 Å². The van der Waals surface area contributed by atoms with Crippen LogP contribution in [-0.4, -0.2) is 9.55 Å². The molecule has 0 amide bonds. The minimum absolute atomic E-state index is 0.0979. The van der Waals surface area contributed by atoms with Crippen LogP contribution in [0.15, 0.2) is 35.1 Å². The Morgan fingerprint density at radius 3 is 2.89 bits per heavy atom. The number of benzene rings is 1. The molecule has 1 heterocycles. The van der Waals surface area contributed by atoms with Gasteiger partial charge in [-0.15, -0.1) is 0 Å². The number of nitrogens with one attached hydrogen (secondary N) is 1. The molecule has 0 aliphatic carbocycles. The first kappa shape index (κ1) is 14.2. The molecular formula is C13H16BrFN4. The average Bonchev–Trinajstić information content (AvgIpc) is 2.80. The third-order valence-corrected chi connectivity index (χ3v) is 3.77. The number of aryl methyl sites for hydroxylation is 2. The van der Waals surface area contributed by atoms with Crippen molar-refractivity contribution >= 4 is 15.9 Å². The van der Waals surface area contributed by atoms with E-state index in [0.717, 1.165) is 24.2 Å². The van der Waals surface area contributed by atoms with Crippen LogP contribution >= 0.6 is 15.9 Å². The molecule has 0 aliphatic heterocycles. The quantitative estimate of drug-likeness (QED) is 0.655. The normalized spacial score (nSPS) is 12.6. The number of rotatable bonds is 5.